The molecule has 0 bridgehead atoms. The van der Waals surface area contributed by atoms with E-state index in [2.05, 4.69) is 0 Å². The molecule has 0 amide bonds. The van der Waals surface area contributed by atoms with Gasteiger partial charge in [-0.3, -0.25) is 0 Å². The summed E-state index contributed by atoms with van der Waals surface area (Å²) in [6.45, 7) is 0. The first-order chi connectivity index (χ1) is 11.9. The number of halogens is 1. The third kappa shape index (κ3) is 4.99. The number of ether oxygens (including phenoxy) is 2. The van der Waals surface area contributed by atoms with Gasteiger partial charge in [0, 0.05) is 11.1 Å². The van der Waals surface area contributed by atoms with Crippen molar-refractivity contribution < 1.29 is 17.9 Å². The van der Waals surface area contributed by atoms with Crippen molar-refractivity contribution in [2.75, 3.05) is 14.2 Å². The monoisotopic (exact) mass is 377 g/mol. The SMILES string of the molecule is COc1cc(/C=C(/C#N)S(=O)(=O)Cc2ccc(Cl)cc2)cc(OC)c1. The van der Waals surface area contributed by atoms with Crippen LogP contribution in [-0.4, -0.2) is 22.6 Å². The van der Waals surface area contributed by atoms with Gasteiger partial charge >= 0.3 is 0 Å². The molecule has 5 nitrogen and oxygen atoms in total. The molecule has 0 aliphatic carbocycles. The third-order valence-corrected chi connectivity index (χ3v) is 5.23. The Labute approximate surface area is 152 Å². The second-order valence-electron chi connectivity index (χ2n) is 5.15. The van der Waals surface area contributed by atoms with Gasteiger partial charge in [0.05, 0.1) is 20.0 Å². The van der Waals surface area contributed by atoms with Gasteiger partial charge in [-0.2, -0.15) is 5.26 Å². The van der Waals surface area contributed by atoms with Crippen LogP contribution in [0, 0.1) is 11.3 Å². The van der Waals surface area contributed by atoms with Crippen LogP contribution < -0.4 is 9.47 Å². The number of hydrogen-bond donors (Lipinski definition) is 0. The molecule has 0 atom stereocenters. The summed E-state index contributed by atoms with van der Waals surface area (Å²) in [6.07, 6.45) is 1.30. The molecular weight excluding hydrogens is 362 g/mol. The second-order valence-corrected chi connectivity index (χ2v) is 7.55. The lowest BCUT2D eigenvalue weighted by Crippen LogP contribution is -2.06. The molecule has 0 saturated heterocycles. The van der Waals surface area contributed by atoms with Crippen LogP contribution in [-0.2, 0) is 15.6 Å². The number of benzene rings is 2. The van der Waals surface area contributed by atoms with E-state index >= 15 is 0 Å². The van der Waals surface area contributed by atoms with E-state index in [0.29, 0.717) is 27.6 Å². The summed E-state index contributed by atoms with van der Waals surface area (Å²) in [7, 11) is -0.819. The normalized spacial score (nSPS) is 11.7. The molecule has 2 aromatic carbocycles. The lowest BCUT2D eigenvalue weighted by atomic mass is 10.2. The fraction of sp³-hybridized carbons (Fsp3) is 0.167. The molecule has 2 rings (SSSR count). The molecule has 25 heavy (non-hydrogen) atoms. The van der Waals surface area contributed by atoms with E-state index in [1.165, 1.54) is 20.3 Å². The van der Waals surface area contributed by atoms with E-state index in [1.807, 2.05) is 0 Å². The van der Waals surface area contributed by atoms with Gasteiger partial charge in [0.25, 0.3) is 0 Å². The molecule has 0 unspecified atom stereocenters. The quantitative estimate of drug-likeness (QED) is 0.715. The summed E-state index contributed by atoms with van der Waals surface area (Å²) in [6, 6.07) is 13.1. The predicted octanol–water partition coefficient (Wildman–Crippen LogP) is 3.84. The lowest BCUT2D eigenvalue weighted by Gasteiger charge is -2.07. The Hall–Kier alpha value is -2.49. The summed E-state index contributed by atoms with van der Waals surface area (Å²) in [5.41, 5.74) is 1.04. The molecule has 0 fully saturated rings. The van der Waals surface area contributed by atoms with Crippen LogP contribution in [0.15, 0.2) is 47.4 Å². The third-order valence-electron chi connectivity index (χ3n) is 3.39. The number of nitrogens with zero attached hydrogens (tertiary/aromatic N) is 1. The van der Waals surface area contributed by atoms with E-state index < -0.39 is 9.84 Å². The van der Waals surface area contributed by atoms with E-state index in [9.17, 15) is 13.7 Å². The molecule has 0 spiro atoms. The minimum absolute atomic E-state index is 0.287. The standard InChI is InChI=1S/C18H16ClNO4S/c1-23-16-7-14(8-17(10-16)24-2)9-18(11-20)25(21,22)12-13-3-5-15(19)6-4-13/h3-10H,12H2,1-2H3/b18-9-. The van der Waals surface area contributed by atoms with Crippen molar-refractivity contribution in [1.29, 1.82) is 5.26 Å². The number of methoxy groups -OCH3 is 2. The molecule has 0 saturated carbocycles. The van der Waals surface area contributed by atoms with Crippen molar-refractivity contribution in [1.82, 2.24) is 0 Å². The van der Waals surface area contributed by atoms with Crippen LogP contribution in [0.3, 0.4) is 0 Å². The highest BCUT2D eigenvalue weighted by atomic mass is 35.5. The molecular formula is C18H16ClNO4S. The van der Waals surface area contributed by atoms with Gasteiger partial charge in [-0.25, -0.2) is 8.42 Å². The average molecular weight is 378 g/mol. The minimum atomic E-state index is -3.80. The molecule has 2 aromatic rings. The summed E-state index contributed by atoms with van der Waals surface area (Å²) >= 11 is 5.80. The van der Waals surface area contributed by atoms with Crippen molar-refractivity contribution >= 4 is 27.5 Å². The van der Waals surface area contributed by atoms with Crippen LogP contribution in [0.5, 0.6) is 11.5 Å². The van der Waals surface area contributed by atoms with Crippen molar-refractivity contribution in [3.8, 4) is 17.6 Å². The molecule has 0 radical (unpaired) electrons. The van der Waals surface area contributed by atoms with E-state index in [1.54, 1.807) is 48.5 Å². The fourth-order valence-corrected chi connectivity index (χ4v) is 3.50. The molecule has 7 heteroatoms. The number of rotatable bonds is 6. The van der Waals surface area contributed by atoms with Crippen LogP contribution >= 0.6 is 11.6 Å². The summed E-state index contributed by atoms with van der Waals surface area (Å²) in [5.74, 6) is 0.709. The highest BCUT2D eigenvalue weighted by Crippen LogP contribution is 2.25. The van der Waals surface area contributed by atoms with Crippen molar-refractivity contribution in [2.45, 2.75) is 5.75 Å². The summed E-state index contributed by atoms with van der Waals surface area (Å²) < 4.78 is 35.4. The Morgan fingerprint density at radius 3 is 2.16 bits per heavy atom. The zero-order valence-electron chi connectivity index (χ0n) is 13.7. The van der Waals surface area contributed by atoms with Gasteiger partial charge in [-0.1, -0.05) is 23.7 Å². The second kappa shape index (κ2) is 8.06. The van der Waals surface area contributed by atoms with Crippen molar-refractivity contribution in [3.63, 3.8) is 0 Å². The smallest absolute Gasteiger partial charge is 0.192 e. The maximum absolute atomic E-state index is 12.5. The minimum Gasteiger partial charge on any atom is -0.497 e. The van der Waals surface area contributed by atoms with Crippen LogP contribution in [0.4, 0.5) is 0 Å². The van der Waals surface area contributed by atoms with Gasteiger partial charge in [-0.15, -0.1) is 0 Å². The van der Waals surface area contributed by atoms with Crippen molar-refractivity contribution in [3.05, 3.63) is 63.5 Å². The van der Waals surface area contributed by atoms with Crippen molar-refractivity contribution in [2.24, 2.45) is 0 Å². The molecule has 130 valence electrons. The topological polar surface area (TPSA) is 76.4 Å². The zero-order valence-corrected chi connectivity index (χ0v) is 15.3. The first-order valence-electron chi connectivity index (χ1n) is 7.20. The highest BCUT2D eigenvalue weighted by molar-refractivity contribution is 7.95. The lowest BCUT2D eigenvalue weighted by molar-refractivity contribution is 0.394. The Morgan fingerprint density at radius 1 is 1.12 bits per heavy atom. The van der Waals surface area contributed by atoms with E-state index in [4.69, 9.17) is 21.1 Å². The number of allylic oxidation sites excluding steroid dienone is 1. The van der Waals surface area contributed by atoms with Gasteiger partial charge in [0.2, 0.25) is 0 Å². The first kappa shape index (κ1) is 18.8. The molecule has 0 aromatic heterocycles. The maximum Gasteiger partial charge on any atom is 0.192 e. The fourth-order valence-electron chi connectivity index (χ4n) is 2.13. The maximum atomic E-state index is 12.5. The van der Waals surface area contributed by atoms with Gasteiger partial charge in [-0.05, 0) is 41.5 Å². The van der Waals surface area contributed by atoms with Crippen LogP contribution in [0.2, 0.25) is 5.02 Å². The summed E-state index contributed by atoms with van der Waals surface area (Å²) in [4.78, 5) is -0.335. The Kier molecular flexibility index (Phi) is 6.07. The zero-order chi connectivity index (χ0) is 18.4. The molecule has 0 aliphatic heterocycles. The van der Waals surface area contributed by atoms with E-state index in [0.717, 1.165) is 0 Å². The molecule has 0 aliphatic rings. The van der Waals surface area contributed by atoms with Gasteiger partial charge in [0.15, 0.2) is 9.84 Å². The Morgan fingerprint density at radius 2 is 1.68 bits per heavy atom. The predicted molar refractivity (Wildman–Crippen MR) is 97.2 cm³/mol. The highest BCUT2D eigenvalue weighted by Gasteiger charge is 2.19. The van der Waals surface area contributed by atoms with Crippen LogP contribution in [0.25, 0.3) is 6.08 Å². The largest absolute Gasteiger partial charge is 0.497 e. The van der Waals surface area contributed by atoms with Gasteiger partial charge < -0.3 is 9.47 Å². The van der Waals surface area contributed by atoms with E-state index in [-0.39, 0.29) is 10.7 Å². The Bertz CT molecular complexity index is 906. The Balaban J connectivity index is 2.39. The molecule has 0 N–H and O–H groups in total. The first-order valence-corrected chi connectivity index (χ1v) is 9.23. The molecule has 0 heterocycles. The summed E-state index contributed by atoms with van der Waals surface area (Å²) in [5, 5.41) is 9.83. The number of sulfone groups is 1. The average Bonchev–Trinajstić information content (AvgIpc) is 2.60. The van der Waals surface area contributed by atoms with Gasteiger partial charge in [0.1, 0.15) is 22.5 Å². The number of nitriles is 1. The number of hydrogen-bond acceptors (Lipinski definition) is 5. The van der Waals surface area contributed by atoms with Crippen LogP contribution in [0.1, 0.15) is 11.1 Å².